The van der Waals surface area contributed by atoms with E-state index in [1.165, 1.54) is 38.4 Å². The minimum Gasteiger partial charge on any atom is -0.495 e. The molecule has 0 bridgehead atoms. The number of nitrogens with one attached hydrogen (secondary N) is 1. The first-order chi connectivity index (χ1) is 11.4. The molecule has 8 heteroatoms. The smallest absolute Gasteiger partial charge is 0.340 e. The number of aromatic nitrogens is 1. The molecule has 0 saturated heterocycles. The van der Waals surface area contributed by atoms with Crippen LogP contribution in [0.15, 0.2) is 36.5 Å². The number of amides is 1. The van der Waals surface area contributed by atoms with Gasteiger partial charge < -0.3 is 14.8 Å². The van der Waals surface area contributed by atoms with Crippen molar-refractivity contribution in [2.24, 2.45) is 0 Å². The van der Waals surface area contributed by atoms with E-state index in [4.69, 9.17) is 32.7 Å². The quantitative estimate of drug-likeness (QED) is 0.644. The topological polar surface area (TPSA) is 77.5 Å². The lowest BCUT2D eigenvalue weighted by molar-refractivity contribution is -0.123. The zero-order chi connectivity index (χ0) is 17.7. The molecule has 6 nitrogen and oxygen atoms in total. The molecule has 1 amide bonds. The summed E-state index contributed by atoms with van der Waals surface area (Å²) >= 11 is 11.6. The van der Waals surface area contributed by atoms with Crippen LogP contribution < -0.4 is 10.1 Å². The summed E-state index contributed by atoms with van der Waals surface area (Å²) < 4.78 is 10.2. The maximum atomic E-state index is 12.2. The van der Waals surface area contributed by atoms with Crippen molar-refractivity contribution in [1.29, 1.82) is 0 Å². The Kier molecular flexibility index (Phi) is 6.00. The fourth-order valence-electron chi connectivity index (χ4n) is 1.79. The average Bonchev–Trinajstić information content (AvgIpc) is 2.55. The van der Waals surface area contributed by atoms with E-state index in [2.05, 4.69) is 10.3 Å². The molecule has 0 aliphatic rings. The molecular formula is C16H14Cl2N2O4. The van der Waals surface area contributed by atoms with E-state index >= 15 is 0 Å². The molecule has 0 fully saturated rings. The second kappa shape index (κ2) is 7.99. The number of carbonyl (C=O) groups excluding carboxylic acids is 2. The second-order valence-electron chi connectivity index (χ2n) is 4.75. The van der Waals surface area contributed by atoms with E-state index < -0.39 is 18.0 Å². The number of pyridine rings is 1. The Morgan fingerprint density at radius 1 is 1.21 bits per heavy atom. The molecule has 1 heterocycles. The van der Waals surface area contributed by atoms with Gasteiger partial charge in [-0.15, -0.1) is 0 Å². The van der Waals surface area contributed by atoms with Crippen LogP contribution in [-0.2, 0) is 9.53 Å². The molecule has 0 unspecified atom stereocenters. The Bertz CT molecular complexity index is 750. The van der Waals surface area contributed by atoms with Crippen LogP contribution in [0.5, 0.6) is 5.75 Å². The van der Waals surface area contributed by atoms with Gasteiger partial charge in [-0.3, -0.25) is 4.79 Å². The maximum Gasteiger partial charge on any atom is 0.340 e. The minimum absolute atomic E-state index is 0.194. The van der Waals surface area contributed by atoms with E-state index in [0.717, 1.165) is 0 Å². The summed E-state index contributed by atoms with van der Waals surface area (Å²) in [5, 5.41) is 3.29. The summed E-state index contributed by atoms with van der Waals surface area (Å²) in [6, 6.07) is 7.71. The van der Waals surface area contributed by atoms with Gasteiger partial charge in [-0.25, -0.2) is 9.78 Å². The number of esters is 1. The van der Waals surface area contributed by atoms with Gasteiger partial charge in [-0.1, -0.05) is 23.2 Å². The van der Waals surface area contributed by atoms with Gasteiger partial charge in [0.1, 0.15) is 10.9 Å². The average molecular weight is 369 g/mol. The normalized spacial score (nSPS) is 11.5. The molecule has 2 aromatic rings. The second-order valence-corrected chi connectivity index (χ2v) is 5.57. The fraction of sp³-hybridized carbons (Fsp3) is 0.188. The molecule has 0 saturated carbocycles. The number of benzene rings is 1. The van der Waals surface area contributed by atoms with Crippen LogP contribution in [-0.4, -0.2) is 30.1 Å². The predicted octanol–water partition coefficient (Wildman–Crippen LogP) is 3.58. The number of anilines is 1. The molecule has 2 rings (SSSR count). The van der Waals surface area contributed by atoms with Gasteiger partial charge in [0, 0.05) is 11.2 Å². The lowest BCUT2D eigenvalue weighted by Gasteiger charge is -2.15. The van der Waals surface area contributed by atoms with Crippen molar-refractivity contribution in [3.8, 4) is 5.75 Å². The lowest BCUT2D eigenvalue weighted by Crippen LogP contribution is -2.30. The number of hydrogen-bond acceptors (Lipinski definition) is 5. The summed E-state index contributed by atoms with van der Waals surface area (Å²) in [5.41, 5.74) is 0.574. The summed E-state index contributed by atoms with van der Waals surface area (Å²) in [4.78, 5) is 27.9. The van der Waals surface area contributed by atoms with Crippen molar-refractivity contribution >= 4 is 40.8 Å². The number of hydrogen-bond donors (Lipinski definition) is 1. The zero-order valence-corrected chi connectivity index (χ0v) is 14.4. The highest BCUT2D eigenvalue weighted by molar-refractivity contribution is 6.31. The van der Waals surface area contributed by atoms with Crippen molar-refractivity contribution < 1.29 is 19.1 Å². The van der Waals surface area contributed by atoms with Gasteiger partial charge >= 0.3 is 5.97 Å². The summed E-state index contributed by atoms with van der Waals surface area (Å²) in [6.07, 6.45) is 0.242. The van der Waals surface area contributed by atoms with E-state index in [1.54, 1.807) is 12.1 Å². The Hall–Kier alpha value is -2.31. The molecule has 1 aromatic carbocycles. The minimum atomic E-state index is -1.03. The standard InChI is InChI=1S/C16H14Cl2N2O4/c1-9(24-16(22)10-3-6-14(18)19-8-10)15(21)20-12-7-11(17)4-5-13(12)23-2/h3-9H,1-2H3,(H,20,21)/t9-/m1/s1. The number of halogens is 2. The van der Waals surface area contributed by atoms with Gasteiger partial charge in [0.15, 0.2) is 6.10 Å². The van der Waals surface area contributed by atoms with Crippen molar-refractivity contribution in [3.05, 3.63) is 52.3 Å². The van der Waals surface area contributed by atoms with Crippen LogP contribution in [0.3, 0.4) is 0 Å². The van der Waals surface area contributed by atoms with Crippen molar-refractivity contribution in [2.75, 3.05) is 12.4 Å². The van der Waals surface area contributed by atoms with Crippen LogP contribution in [0.2, 0.25) is 10.2 Å². The van der Waals surface area contributed by atoms with Gasteiger partial charge in [-0.2, -0.15) is 0 Å². The number of methoxy groups -OCH3 is 1. The first-order valence-electron chi connectivity index (χ1n) is 6.87. The Morgan fingerprint density at radius 2 is 1.96 bits per heavy atom. The molecule has 0 aliphatic heterocycles. The third-order valence-electron chi connectivity index (χ3n) is 3.04. The third-order valence-corrected chi connectivity index (χ3v) is 3.49. The van der Waals surface area contributed by atoms with E-state index in [0.29, 0.717) is 16.5 Å². The number of carbonyl (C=O) groups is 2. The summed E-state index contributed by atoms with van der Waals surface area (Å²) in [6.45, 7) is 1.45. The third kappa shape index (κ3) is 4.59. The molecule has 0 aliphatic carbocycles. The summed E-state index contributed by atoms with van der Waals surface area (Å²) in [7, 11) is 1.47. The first kappa shape index (κ1) is 18.0. The zero-order valence-electron chi connectivity index (χ0n) is 12.9. The van der Waals surface area contributed by atoms with E-state index in [9.17, 15) is 9.59 Å². The van der Waals surface area contributed by atoms with E-state index in [1.807, 2.05) is 0 Å². The first-order valence-corrected chi connectivity index (χ1v) is 7.63. The molecule has 0 spiro atoms. The van der Waals surface area contributed by atoms with Gasteiger partial charge in [0.05, 0.1) is 18.4 Å². The molecule has 1 atom stereocenters. The molecule has 126 valence electrons. The highest BCUT2D eigenvalue weighted by Gasteiger charge is 2.20. The molecule has 24 heavy (non-hydrogen) atoms. The SMILES string of the molecule is COc1ccc(Cl)cc1NC(=O)[C@@H](C)OC(=O)c1ccc(Cl)nc1. The van der Waals surface area contributed by atoms with Crippen molar-refractivity contribution in [2.45, 2.75) is 13.0 Å². The fourth-order valence-corrected chi connectivity index (χ4v) is 2.07. The predicted molar refractivity (Wildman–Crippen MR) is 90.8 cm³/mol. The molecule has 1 aromatic heterocycles. The Labute approximate surface area is 148 Å². The van der Waals surface area contributed by atoms with Gasteiger partial charge in [-0.05, 0) is 37.3 Å². The largest absolute Gasteiger partial charge is 0.495 e. The van der Waals surface area contributed by atoms with Crippen LogP contribution in [0.1, 0.15) is 17.3 Å². The maximum absolute atomic E-state index is 12.2. The Balaban J connectivity index is 2.03. The van der Waals surface area contributed by atoms with Crippen LogP contribution >= 0.6 is 23.2 Å². The number of nitrogens with zero attached hydrogens (tertiary/aromatic N) is 1. The van der Waals surface area contributed by atoms with Crippen LogP contribution in [0, 0.1) is 0 Å². The Morgan fingerprint density at radius 3 is 2.58 bits per heavy atom. The highest BCUT2D eigenvalue weighted by Crippen LogP contribution is 2.27. The summed E-state index contributed by atoms with van der Waals surface area (Å²) in [5.74, 6) is -0.765. The van der Waals surface area contributed by atoms with Crippen molar-refractivity contribution in [1.82, 2.24) is 4.98 Å². The monoisotopic (exact) mass is 368 g/mol. The lowest BCUT2D eigenvalue weighted by atomic mass is 10.2. The molecular weight excluding hydrogens is 355 g/mol. The van der Waals surface area contributed by atoms with Gasteiger partial charge in [0.2, 0.25) is 0 Å². The van der Waals surface area contributed by atoms with Crippen LogP contribution in [0.4, 0.5) is 5.69 Å². The van der Waals surface area contributed by atoms with Gasteiger partial charge in [0.25, 0.3) is 5.91 Å². The van der Waals surface area contributed by atoms with E-state index in [-0.39, 0.29) is 10.7 Å². The number of ether oxygens (including phenoxy) is 2. The number of rotatable bonds is 5. The molecule has 1 N–H and O–H groups in total. The van der Waals surface area contributed by atoms with Crippen LogP contribution in [0.25, 0.3) is 0 Å². The highest BCUT2D eigenvalue weighted by atomic mass is 35.5. The molecule has 0 radical (unpaired) electrons. The van der Waals surface area contributed by atoms with Crippen molar-refractivity contribution in [3.63, 3.8) is 0 Å².